The topological polar surface area (TPSA) is 74.2 Å². The molecule has 1 saturated carbocycles. The van der Waals surface area contributed by atoms with Gasteiger partial charge in [-0.3, -0.25) is 9.79 Å². The minimum absolute atomic E-state index is 0.126. The van der Waals surface area contributed by atoms with Gasteiger partial charge in [-0.25, -0.2) is 4.79 Å². The van der Waals surface area contributed by atoms with Crippen molar-refractivity contribution in [2.24, 2.45) is 10.9 Å². The number of rotatable bonds is 7. The molecule has 2 atom stereocenters. The molecule has 6 nitrogen and oxygen atoms in total. The minimum Gasteiger partial charge on any atom is -0.493 e. The summed E-state index contributed by atoms with van der Waals surface area (Å²) in [6.07, 6.45) is 2.81. The van der Waals surface area contributed by atoms with E-state index in [9.17, 15) is 9.59 Å². The van der Waals surface area contributed by atoms with Crippen LogP contribution in [0.25, 0.3) is 0 Å². The number of ketones is 1. The summed E-state index contributed by atoms with van der Waals surface area (Å²) >= 11 is 0. The van der Waals surface area contributed by atoms with Gasteiger partial charge in [0.15, 0.2) is 11.5 Å². The molecule has 0 N–H and O–H groups in total. The summed E-state index contributed by atoms with van der Waals surface area (Å²) in [5, 5.41) is 0. The lowest BCUT2D eigenvalue weighted by molar-refractivity contribution is -0.139. The summed E-state index contributed by atoms with van der Waals surface area (Å²) < 4.78 is 16.6. The van der Waals surface area contributed by atoms with E-state index in [0.29, 0.717) is 42.4 Å². The van der Waals surface area contributed by atoms with Crippen LogP contribution in [0, 0.1) is 5.92 Å². The standard InChI is InChI=1S/C23H29NO5/c1-5-12-29-23(26)20-14(3)24-16-8-7-9-17(25)22(16)21(20)15-10-11-18(28-6-2)19(13-15)27-4/h10-11,13,21-22H,5-9,12H2,1-4H3. The third-order valence-corrected chi connectivity index (χ3v) is 5.41. The molecule has 0 bridgehead atoms. The Labute approximate surface area is 171 Å². The number of carbonyl (C=O) groups is 2. The predicted octanol–water partition coefficient (Wildman–Crippen LogP) is 4.23. The van der Waals surface area contributed by atoms with Gasteiger partial charge in [0.1, 0.15) is 5.78 Å². The highest BCUT2D eigenvalue weighted by Crippen LogP contribution is 2.44. The lowest BCUT2D eigenvalue weighted by Gasteiger charge is -2.35. The number of allylic oxidation sites excluding steroid dienone is 1. The maximum Gasteiger partial charge on any atom is 0.336 e. The number of Topliss-reactive ketones (excluding diaryl/α,β-unsaturated/α-hetero) is 1. The second kappa shape index (κ2) is 9.25. The Bertz CT molecular complexity index is 855. The number of hydrogen-bond donors (Lipinski definition) is 0. The first-order chi connectivity index (χ1) is 14.0. The van der Waals surface area contributed by atoms with Crippen molar-refractivity contribution in [2.45, 2.75) is 52.4 Å². The van der Waals surface area contributed by atoms with Gasteiger partial charge in [0, 0.05) is 23.7 Å². The fraction of sp³-hybridized carbons (Fsp3) is 0.522. The molecule has 1 aromatic carbocycles. The molecule has 0 radical (unpaired) electrons. The molecule has 156 valence electrons. The van der Waals surface area contributed by atoms with Crippen molar-refractivity contribution in [3.8, 4) is 11.5 Å². The zero-order chi connectivity index (χ0) is 21.0. The molecular formula is C23H29NO5. The van der Waals surface area contributed by atoms with Crippen molar-refractivity contribution in [1.82, 2.24) is 0 Å². The van der Waals surface area contributed by atoms with Crippen LogP contribution in [0.15, 0.2) is 34.5 Å². The number of esters is 1. The largest absolute Gasteiger partial charge is 0.493 e. The molecule has 1 fully saturated rings. The van der Waals surface area contributed by atoms with Gasteiger partial charge in [-0.1, -0.05) is 13.0 Å². The normalized spacial score (nSPS) is 21.4. The molecule has 2 unspecified atom stereocenters. The van der Waals surface area contributed by atoms with Crippen LogP contribution in [0.2, 0.25) is 0 Å². The Morgan fingerprint density at radius 3 is 2.66 bits per heavy atom. The molecule has 29 heavy (non-hydrogen) atoms. The number of methoxy groups -OCH3 is 1. The van der Waals surface area contributed by atoms with E-state index in [4.69, 9.17) is 14.2 Å². The van der Waals surface area contributed by atoms with Crippen molar-refractivity contribution in [1.29, 1.82) is 0 Å². The van der Waals surface area contributed by atoms with Crippen molar-refractivity contribution >= 4 is 17.5 Å². The Kier molecular flexibility index (Phi) is 6.72. The zero-order valence-electron chi connectivity index (χ0n) is 17.6. The molecule has 1 aliphatic carbocycles. The summed E-state index contributed by atoms with van der Waals surface area (Å²) in [5.74, 6) is 0.0813. The van der Waals surface area contributed by atoms with Gasteiger partial charge in [-0.2, -0.15) is 0 Å². The molecule has 1 aliphatic heterocycles. The first-order valence-corrected chi connectivity index (χ1v) is 10.3. The van der Waals surface area contributed by atoms with Crippen LogP contribution < -0.4 is 9.47 Å². The van der Waals surface area contributed by atoms with E-state index in [2.05, 4.69) is 4.99 Å². The fourth-order valence-electron chi connectivity index (χ4n) is 4.17. The maximum atomic E-state index is 12.9. The zero-order valence-corrected chi connectivity index (χ0v) is 17.6. The van der Waals surface area contributed by atoms with Crippen LogP contribution >= 0.6 is 0 Å². The van der Waals surface area contributed by atoms with Gasteiger partial charge in [0.2, 0.25) is 0 Å². The second-order valence-electron chi connectivity index (χ2n) is 7.36. The van der Waals surface area contributed by atoms with Gasteiger partial charge >= 0.3 is 5.97 Å². The quantitative estimate of drug-likeness (QED) is 0.642. The van der Waals surface area contributed by atoms with E-state index >= 15 is 0 Å². The Morgan fingerprint density at radius 2 is 1.97 bits per heavy atom. The summed E-state index contributed by atoms with van der Waals surface area (Å²) in [7, 11) is 1.58. The number of carbonyl (C=O) groups excluding carboxylic acids is 2. The van der Waals surface area contributed by atoms with Crippen molar-refractivity contribution in [3.63, 3.8) is 0 Å². The van der Waals surface area contributed by atoms with Gasteiger partial charge < -0.3 is 14.2 Å². The molecule has 6 heteroatoms. The Morgan fingerprint density at radius 1 is 1.17 bits per heavy atom. The lowest BCUT2D eigenvalue weighted by Crippen LogP contribution is -2.39. The van der Waals surface area contributed by atoms with Crippen LogP contribution in [0.3, 0.4) is 0 Å². The van der Waals surface area contributed by atoms with E-state index in [1.54, 1.807) is 7.11 Å². The maximum absolute atomic E-state index is 12.9. The number of ether oxygens (including phenoxy) is 3. The van der Waals surface area contributed by atoms with Crippen LogP contribution in [0.4, 0.5) is 0 Å². The SMILES string of the molecule is CCCOC(=O)C1=C(C)N=C2CCCC(=O)C2C1c1ccc(OCC)c(OC)c1. The minimum atomic E-state index is -0.431. The molecule has 0 saturated heterocycles. The third-order valence-electron chi connectivity index (χ3n) is 5.41. The van der Waals surface area contributed by atoms with Crippen molar-refractivity contribution < 1.29 is 23.8 Å². The molecule has 2 aliphatic rings. The number of fused-ring (bicyclic) bond motifs is 1. The summed E-state index contributed by atoms with van der Waals surface area (Å²) in [6, 6.07) is 5.60. The van der Waals surface area contributed by atoms with Crippen LogP contribution in [0.1, 0.15) is 57.9 Å². The average molecular weight is 399 g/mol. The van der Waals surface area contributed by atoms with Gasteiger partial charge in [0.25, 0.3) is 0 Å². The monoisotopic (exact) mass is 399 g/mol. The molecule has 3 rings (SSSR count). The van der Waals surface area contributed by atoms with Crippen LogP contribution in [0.5, 0.6) is 11.5 Å². The number of aliphatic imine (C=N–C) groups is 1. The van der Waals surface area contributed by atoms with E-state index in [1.165, 1.54) is 0 Å². The Hall–Kier alpha value is -2.63. The molecule has 0 spiro atoms. The van der Waals surface area contributed by atoms with Crippen molar-refractivity contribution in [3.05, 3.63) is 35.0 Å². The molecular weight excluding hydrogens is 370 g/mol. The van der Waals surface area contributed by atoms with Gasteiger partial charge in [-0.05, 0) is 50.8 Å². The smallest absolute Gasteiger partial charge is 0.336 e. The number of benzene rings is 1. The van der Waals surface area contributed by atoms with Crippen LogP contribution in [-0.2, 0) is 14.3 Å². The van der Waals surface area contributed by atoms with Crippen LogP contribution in [-0.4, -0.2) is 37.8 Å². The highest BCUT2D eigenvalue weighted by Gasteiger charge is 2.43. The number of nitrogens with zero attached hydrogens (tertiary/aromatic N) is 1. The first kappa shape index (κ1) is 21.1. The first-order valence-electron chi connectivity index (χ1n) is 10.3. The van der Waals surface area contributed by atoms with Crippen molar-refractivity contribution in [2.75, 3.05) is 20.3 Å². The fourth-order valence-corrected chi connectivity index (χ4v) is 4.17. The summed E-state index contributed by atoms with van der Waals surface area (Å²) in [4.78, 5) is 30.5. The van der Waals surface area contributed by atoms with Gasteiger partial charge in [0.05, 0.1) is 31.8 Å². The lowest BCUT2D eigenvalue weighted by atomic mass is 9.69. The molecule has 1 heterocycles. The highest BCUT2D eigenvalue weighted by atomic mass is 16.5. The molecule has 0 amide bonds. The van der Waals surface area contributed by atoms with E-state index in [-0.39, 0.29) is 5.78 Å². The molecule has 1 aromatic rings. The third kappa shape index (κ3) is 4.21. The summed E-state index contributed by atoms with van der Waals surface area (Å²) in [6.45, 7) is 6.54. The van der Waals surface area contributed by atoms with Gasteiger partial charge in [-0.15, -0.1) is 0 Å². The highest BCUT2D eigenvalue weighted by molar-refractivity contribution is 6.11. The average Bonchev–Trinajstić information content (AvgIpc) is 2.71. The van der Waals surface area contributed by atoms with E-state index in [0.717, 1.165) is 30.5 Å². The molecule has 0 aromatic heterocycles. The number of hydrogen-bond acceptors (Lipinski definition) is 6. The summed E-state index contributed by atoms with van der Waals surface area (Å²) in [5.41, 5.74) is 2.79. The van der Waals surface area contributed by atoms with E-state index < -0.39 is 17.8 Å². The Balaban J connectivity index is 2.11. The second-order valence-corrected chi connectivity index (χ2v) is 7.36. The van der Waals surface area contributed by atoms with E-state index in [1.807, 2.05) is 39.0 Å². The predicted molar refractivity (Wildman–Crippen MR) is 111 cm³/mol.